The fourth-order valence-corrected chi connectivity index (χ4v) is 3.50. The van der Waals surface area contributed by atoms with Crippen molar-refractivity contribution in [1.82, 2.24) is 9.97 Å². The van der Waals surface area contributed by atoms with E-state index in [0.29, 0.717) is 11.4 Å². The molecular weight excluding hydrogens is 418 g/mol. The molecule has 138 valence electrons. The van der Waals surface area contributed by atoms with E-state index >= 15 is 0 Å². The van der Waals surface area contributed by atoms with Crippen molar-refractivity contribution in [3.63, 3.8) is 0 Å². The van der Waals surface area contributed by atoms with Gasteiger partial charge in [0, 0.05) is 10.9 Å². The fraction of sp³-hybridized carbons (Fsp3) is 0. The molecule has 1 heterocycles. The maximum atomic E-state index is 11.5. The van der Waals surface area contributed by atoms with E-state index in [2.05, 4.69) is 26.1 Å². The Hall–Kier alpha value is -3.45. The molecule has 0 aliphatic rings. The number of amides is 1. The van der Waals surface area contributed by atoms with Gasteiger partial charge in [-0.15, -0.1) is 0 Å². The molecule has 4 rings (SSSR count). The third kappa shape index (κ3) is 3.39. The van der Waals surface area contributed by atoms with Crippen molar-refractivity contribution in [3.05, 3.63) is 78.4 Å². The Balaban J connectivity index is 1.88. The highest BCUT2D eigenvalue weighted by atomic mass is 79.9. The zero-order valence-corrected chi connectivity index (χ0v) is 16.3. The number of fused-ring (bicyclic) bond motifs is 1. The van der Waals surface area contributed by atoms with Gasteiger partial charge in [0.1, 0.15) is 0 Å². The second-order valence-corrected chi connectivity index (χ2v) is 6.91. The van der Waals surface area contributed by atoms with Crippen LogP contribution in [-0.4, -0.2) is 15.9 Å². The lowest BCUT2D eigenvalue weighted by Crippen LogP contribution is -2.10. The molecule has 7 heteroatoms. The molecule has 4 aromatic rings. The van der Waals surface area contributed by atoms with E-state index in [9.17, 15) is 4.79 Å². The molecule has 1 aromatic heterocycles. The molecule has 4 N–H and O–H groups in total. The molecule has 0 unspecified atom stereocenters. The first-order valence-electron chi connectivity index (χ1n) is 8.51. The van der Waals surface area contributed by atoms with Gasteiger partial charge < -0.3 is 11.5 Å². The van der Waals surface area contributed by atoms with Gasteiger partial charge in [0.2, 0.25) is 11.9 Å². The van der Waals surface area contributed by atoms with Crippen LogP contribution >= 0.6 is 16.1 Å². The van der Waals surface area contributed by atoms with Gasteiger partial charge in [0.25, 0.3) is 0 Å². The molecule has 0 saturated heterocycles. The molecule has 0 atom stereocenters. The Morgan fingerprint density at radius 3 is 2.39 bits per heavy atom. The quantitative estimate of drug-likeness (QED) is 0.463. The largest absolute Gasteiger partial charge is 0.368 e. The van der Waals surface area contributed by atoms with Crippen LogP contribution in [0.4, 0.5) is 17.5 Å². The van der Waals surface area contributed by atoms with E-state index in [4.69, 9.17) is 11.5 Å². The Bertz CT molecular complexity index is 1180. The number of nitrogen functional groups attached to an aromatic ring is 1. The van der Waals surface area contributed by atoms with Gasteiger partial charge in [-0.05, 0) is 47.5 Å². The number of aromatic nitrogens is 2. The van der Waals surface area contributed by atoms with E-state index in [-0.39, 0.29) is 5.95 Å². The normalized spacial score (nSPS) is 10.8. The van der Waals surface area contributed by atoms with Crippen LogP contribution < -0.4 is 15.4 Å². The molecule has 0 saturated carbocycles. The van der Waals surface area contributed by atoms with Crippen LogP contribution in [0.25, 0.3) is 22.0 Å². The SMILES string of the molecule is NC(=O)c1cccc(-c2ccc3nc(N)nc(N(Br)c4ccccc4)c3c2)c1. The first-order valence-corrected chi connectivity index (χ1v) is 9.22. The second-order valence-electron chi connectivity index (χ2n) is 6.20. The number of nitrogens with two attached hydrogens (primary N) is 2. The number of carbonyl (C=O) groups is 1. The Morgan fingerprint density at radius 2 is 1.64 bits per heavy atom. The van der Waals surface area contributed by atoms with Gasteiger partial charge in [0.15, 0.2) is 5.82 Å². The number of carbonyl (C=O) groups excluding carboxylic acids is 1. The van der Waals surface area contributed by atoms with Crippen molar-refractivity contribution < 1.29 is 4.79 Å². The van der Waals surface area contributed by atoms with Crippen molar-refractivity contribution in [2.75, 3.05) is 9.66 Å². The Kier molecular flexibility index (Phi) is 4.67. The molecule has 0 fully saturated rings. The first-order chi connectivity index (χ1) is 13.5. The predicted molar refractivity (Wildman–Crippen MR) is 115 cm³/mol. The summed E-state index contributed by atoms with van der Waals surface area (Å²) in [5.41, 5.74) is 15.2. The molecule has 0 aliphatic heterocycles. The van der Waals surface area contributed by atoms with Gasteiger partial charge in [0.05, 0.1) is 27.4 Å². The lowest BCUT2D eigenvalue weighted by Gasteiger charge is -2.18. The van der Waals surface area contributed by atoms with Crippen molar-refractivity contribution in [3.8, 4) is 11.1 Å². The third-order valence-corrected chi connectivity index (χ3v) is 5.09. The number of nitrogens with zero attached hydrogens (tertiary/aromatic N) is 3. The van der Waals surface area contributed by atoms with E-state index in [1.165, 1.54) is 0 Å². The highest BCUT2D eigenvalue weighted by molar-refractivity contribution is 9.10. The predicted octanol–water partition coefficient (Wildman–Crippen LogP) is 4.43. The Labute approximate surface area is 170 Å². The standard InChI is InChI=1S/C21H16BrN5O/c22-27(16-7-2-1-3-8-16)20-17-12-14(9-10-18(17)25-21(24)26-20)13-5-4-6-15(11-13)19(23)28/h1-12H,(H2,23,28)(H2,24,25,26). The average molecular weight is 434 g/mol. The van der Waals surface area contributed by atoms with Crippen LogP contribution in [0.1, 0.15) is 10.4 Å². The minimum atomic E-state index is -0.463. The van der Waals surface area contributed by atoms with Gasteiger partial charge in [-0.3, -0.25) is 8.72 Å². The summed E-state index contributed by atoms with van der Waals surface area (Å²) in [6.07, 6.45) is 0. The number of rotatable bonds is 4. The topological polar surface area (TPSA) is 98.1 Å². The summed E-state index contributed by atoms with van der Waals surface area (Å²) in [6.45, 7) is 0. The maximum Gasteiger partial charge on any atom is 0.248 e. The van der Waals surface area contributed by atoms with Crippen molar-refractivity contribution in [1.29, 1.82) is 0 Å². The van der Waals surface area contributed by atoms with Crippen LogP contribution in [0, 0.1) is 0 Å². The molecule has 6 nitrogen and oxygen atoms in total. The van der Waals surface area contributed by atoms with Crippen molar-refractivity contribution >= 4 is 50.4 Å². The van der Waals surface area contributed by atoms with Crippen LogP contribution in [0.2, 0.25) is 0 Å². The molecule has 28 heavy (non-hydrogen) atoms. The van der Waals surface area contributed by atoms with E-state index < -0.39 is 5.91 Å². The number of hydrogen-bond donors (Lipinski definition) is 2. The third-order valence-electron chi connectivity index (χ3n) is 4.34. The molecule has 0 spiro atoms. The monoisotopic (exact) mass is 433 g/mol. The molecule has 0 radical (unpaired) electrons. The van der Waals surface area contributed by atoms with Crippen molar-refractivity contribution in [2.24, 2.45) is 5.73 Å². The zero-order valence-electron chi connectivity index (χ0n) is 14.7. The number of anilines is 3. The maximum absolute atomic E-state index is 11.5. The van der Waals surface area contributed by atoms with E-state index in [1.54, 1.807) is 22.1 Å². The lowest BCUT2D eigenvalue weighted by atomic mass is 10.0. The van der Waals surface area contributed by atoms with Gasteiger partial charge in [-0.25, -0.2) is 4.98 Å². The molecule has 0 aliphatic carbocycles. The minimum absolute atomic E-state index is 0.186. The minimum Gasteiger partial charge on any atom is -0.368 e. The number of primary amides is 1. The van der Waals surface area contributed by atoms with Gasteiger partial charge in [-0.1, -0.05) is 36.4 Å². The number of benzene rings is 3. The first kappa shape index (κ1) is 17.9. The lowest BCUT2D eigenvalue weighted by molar-refractivity contribution is 0.100. The Morgan fingerprint density at radius 1 is 0.893 bits per heavy atom. The number of hydrogen-bond acceptors (Lipinski definition) is 5. The van der Waals surface area contributed by atoms with Crippen LogP contribution in [0.15, 0.2) is 72.8 Å². The van der Waals surface area contributed by atoms with Crippen LogP contribution in [-0.2, 0) is 0 Å². The smallest absolute Gasteiger partial charge is 0.248 e. The van der Waals surface area contributed by atoms with Gasteiger partial charge in [-0.2, -0.15) is 4.98 Å². The highest BCUT2D eigenvalue weighted by Gasteiger charge is 2.15. The summed E-state index contributed by atoms with van der Waals surface area (Å²) in [5.74, 6) is 0.350. The van der Waals surface area contributed by atoms with E-state index in [1.807, 2.05) is 54.6 Å². The van der Waals surface area contributed by atoms with E-state index in [0.717, 1.165) is 27.7 Å². The molecule has 3 aromatic carbocycles. The summed E-state index contributed by atoms with van der Waals surface area (Å²) < 4.78 is 1.79. The highest BCUT2D eigenvalue weighted by Crippen LogP contribution is 2.35. The summed E-state index contributed by atoms with van der Waals surface area (Å²) in [5, 5.41) is 0.817. The van der Waals surface area contributed by atoms with Crippen LogP contribution in [0.5, 0.6) is 0 Å². The summed E-state index contributed by atoms with van der Waals surface area (Å²) >= 11 is 3.59. The number of para-hydroxylation sites is 1. The van der Waals surface area contributed by atoms with Crippen molar-refractivity contribution in [2.45, 2.75) is 0 Å². The average Bonchev–Trinajstić information content (AvgIpc) is 2.73. The van der Waals surface area contributed by atoms with Gasteiger partial charge >= 0.3 is 0 Å². The molecular formula is C21H16BrN5O. The second kappa shape index (κ2) is 7.28. The zero-order chi connectivity index (χ0) is 19.7. The summed E-state index contributed by atoms with van der Waals surface area (Å²) in [7, 11) is 0. The molecule has 0 bridgehead atoms. The summed E-state index contributed by atoms with van der Waals surface area (Å²) in [4.78, 5) is 20.3. The molecule has 1 amide bonds. The van der Waals surface area contributed by atoms with Crippen LogP contribution in [0.3, 0.4) is 0 Å². The summed E-state index contributed by atoms with van der Waals surface area (Å²) in [6, 6.07) is 22.7. The number of halogens is 1. The fourth-order valence-electron chi connectivity index (χ4n) is 2.99.